The third-order valence-electron chi connectivity index (χ3n) is 4.89. The largest absolute Gasteiger partial charge is 0.315 e. The average Bonchev–Trinajstić information content (AvgIpc) is 2.56. The van der Waals surface area contributed by atoms with Gasteiger partial charge in [0.2, 0.25) is 0 Å². The summed E-state index contributed by atoms with van der Waals surface area (Å²) in [4.78, 5) is 2.51. The van der Waals surface area contributed by atoms with Gasteiger partial charge in [-0.05, 0) is 52.7 Å². The van der Waals surface area contributed by atoms with Gasteiger partial charge >= 0.3 is 0 Å². The van der Waals surface area contributed by atoms with Crippen LogP contribution in [-0.2, 0) is 0 Å². The molecule has 2 nitrogen and oxygen atoms in total. The zero-order valence-corrected chi connectivity index (χ0v) is 13.3. The summed E-state index contributed by atoms with van der Waals surface area (Å²) in [6, 6.07) is 0.646. The molecule has 0 bridgehead atoms. The topological polar surface area (TPSA) is 15.3 Å². The molecule has 1 saturated carbocycles. The van der Waals surface area contributed by atoms with Crippen LogP contribution in [0.5, 0.6) is 0 Å². The lowest BCUT2D eigenvalue weighted by Crippen LogP contribution is -2.58. The van der Waals surface area contributed by atoms with Gasteiger partial charge < -0.3 is 10.2 Å². The standard InChI is InChI=1S/C16H34N2/c1-14(2)10-11-15(17-3)16(18(4)5)12-8-6-7-9-13-16/h14-15,17H,6-13H2,1-5H3. The van der Waals surface area contributed by atoms with Crippen LogP contribution in [0, 0.1) is 5.92 Å². The molecule has 0 amide bonds. The molecule has 1 aliphatic rings. The van der Waals surface area contributed by atoms with Crippen LogP contribution in [0.25, 0.3) is 0 Å². The zero-order chi connectivity index (χ0) is 13.6. The Morgan fingerprint density at radius 3 is 1.94 bits per heavy atom. The zero-order valence-electron chi connectivity index (χ0n) is 13.3. The Balaban J connectivity index is 2.78. The summed E-state index contributed by atoms with van der Waals surface area (Å²) in [6.45, 7) is 4.67. The van der Waals surface area contributed by atoms with E-state index in [1.165, 1.54) is 51.4 Å². The van der Waals surface area contributed by atoms with Crippen molar-refractivity contribution in [3.05, 3.63) is 0 Å². The molecular weight excluding hydrogens is 220 g/mol. The minimum Gasteiger partial charge on any atom is -0.315 e. The van der Waals surface area contributed by atoms with E-state index in [-0.39, 0.29) is 0 Å². The fraction of sp³-hybridized carbons (Fsp3) is 1.00. The maximum Gasteiger partial charge on any atom is 0.0356 e. The summed E-state index contributed by atoms with van der Waals surface area (Å²) in [7, 11) is 6.72. The van der Waals surface area contributed by atoms with Crippen molar-refractivity contribution in [1.82, 2.24) is 10.2 Å². The van der Waals surface area contributed by atoms with Gasteiger partial charge in [0, 0.05) is 11.6 Å². The second-order valence-corrected chi connectivity index (χ2v) is 6.72. The molecule has 1 aliphatic carbocycles. The molecule has 0 saturated heterocycles. The van der Waals surface area contributed by atoms with Crippen molar-refractivity contribution in [2.45, 2.75) is 76.8 Å². The Morgan fingerprint density at radius 2 is 1.56 bits per heavy atom. The number of nitrogens with zero attached hydrogens (tertiary/aromatic N) is 1. The van der Waals surface area contributed by atoms with Gasteiger partial charge in [-0.25, -0.2) is 0 Å². The molecule has 1 atom stereocenters. The van der Waals surface area contributed by atoms with E-state index < -0.39 is 0 Å². The van der Waals surface area contributed by atoms with Gasteiger partial charge in [0.1, 0.15) is 0 Å². The van der Waals surface area contributed by atoms with Crippen LogP contribution in [-0.4, -0.2) is 37.6 Å². The Hall–Kier alpha value is -0.0800. The molecule has 1 fully saturated rings. The Morgan fingerprint density at radius 1 is 1.00 bits per heavy atom. The maximum atomic E-state index is 3.64. The lowest BCUT2D eigenvalue weighted by molar-refractivity contribution is 0.0772. The molecule has 18 heavy (non-hydrogen) atoms. The first-order valence-corrected chi connectivity index (χ1v) is 7.87. The first-order valence-electron chi connectivity index (χ1n) is 7.87. The molecule has 1 unspecified atom stereocenters. The van der Waals surface area contributed by atoms with Crippen molar-refractivity contribution in [3.8, 4) is 0 Å². The summed E-state index contributed by atoms with van der Waals surface area (Å²) in [5, 5.41) is 3.64. The van der Waals surface area contributed by atoms with Gasteiger partial charge in [-0.1, -0.05) is 39.5 Å². The van der Waals surface area contributed by atoms with Gasteiger partial charge in [0.05, 0.1) is 0 Å². The van der Waals surface area contributed by atoms with Crippen LogP contribution in [0.1, 0.15) is 65.2 Å². The van der Waals surface area contributed by atoms with Gasteiger partial charge in [-0.2, -0.15) is 0 Å². The quantitative estimate of drug-likeness (QED) is 0.728. The Labute approximate surface area is 115 Å². The summed E-state index contributed by atoms with van der Waals surface area (Å²) in [6.07, 6.45) is 11.0. The molecule has 0 aromatic carbocycles. The summed E-state index contributed by atoms with van der Waals surface area (Å²) < 4.78 is 0. The summed E-state index contributed by atoms with van der Waals surface area (Å²) >= 11 is 0. The van der Waals surface area contributed by atoms with Crippen LogP contribution in [0.2, 0.25) is 0 Å². The van der Waals surface area contributed by atoms with E-state index in [0.717, 1.165) is 5.92 Å². The van der Waals surface area contributed by atoms with E-state index in [9.17, 15) is 0 Å². The van der Waals surface area contributed by atoms with Crippen molar-refractivity contribution < 1.29 is 0 Å². The molecule has 0 aromatic heterocycles. The first-order chi connectivity index (χ1) is 8.53. The fourth-order valence-corrected chi connectivity index (χ4v) is 3.63. The highest BCUT2D eigenvalue weighted by Crippen LogP contribution is 2.35. The Kier molecular flexibility index (Phi) is 6.65. The lowest BCUT2D eigenvalue weighted by atomic mass is 9.78. The van der Waals surface area contributed by atoms with Crippen molar-refractivity contribution in [2.75, 3.05) is 21.1 Å². The smallest absolute Gasteiger partial charge is 0.0356 e. The number of hydrogen-bond donors (Lipinski definition) is 1. The molecular formula is C16H34N2. The highest BCUT2D eigenvalue weighted by Gasteiger charge is 2.39. The molecule has 108 valence electrons. The molecule has 1 rings (SSSR count). The van der Waals surface area contributed by atoms with Gasteiger partial charge in [-0.15, -0.1) is 0 Å². The fourth-order valence-electron chi connectivity index (χ4n) is 3.63. The van der Waals surface area contributed by atoms with Crippen LogP contribution in [0.4, 0.5) is 0 Å². The Bertz CT molecular complexity index is 215. The number of likely N-dealkylation sites (N-methyl/N-ethyl adjacent to an activating group) is 2. The van der Waals surface area contributed by atoms with Crippen LogP contribution >= 0.6 is 0 Å². The lowest BCUT2D eigenvalue weighted by Gasteiger charge is -2.46. The van der Waals surface area contributed by atoms with E-state index >= 15 is 0 Å². The molecule has 0 aromatic rings. The van der Waals surface area contributed by atoms with Crippen LogP contribution < -0.4 is 5.32 Å². The molecule has 1 N–H and O–H groups in total. The SMILES string of the molecule is CNC(CCC(C)C)C1(N(C)C)CCCCCC1. The monoisotopic (exact) mass is 254 g/mol. The minimum atomic E-state index is 0.389. The van der Waals surface area contributed by atoms with Gasteiger partial charge in [0.25, 0.3) is 0 Å². The third-order valence-corrected chi connectivity index (χ3v) is 4.89. The van der Waals surface area contributed by atoms with Crippen molar-refractivity contribution >= 4 is 0 Å². The van der Waals surface area contributed by atoms with Crippen molar-refractivity contribution in [3.63, 3.8) is 0 Å². The second kappa shape index (κ2) is 7.49. The van der Waals surface area contributed by atoms with E-state index in [1.807, 2.05) is 0 Å². The van der Waals surface area contributed by atoms with Crippen LogP contribution in [0.3, 0.4) is 0 Å². The highest BCUT2D eigenvalue weighted by molar-refractivity contribution is 4.99. The third kappa shape index (κ3) is 3.96. The number of nitrogens with one attached hydrogen (secondary N) is 1. The van der Waals surface area contributed by atoms with Crippen molar-refractivity contribution in [1.29, 1.82) is 0 Å². The van der Waals surface area contributed by atoms with E-state index in [2.05, 4.69) is 45.2 Å². The first kappa shape index (κ1) is 16.0. The second-order valence-electron chi connectivity index (χ2n) is 6.72. The normalized spacial score (nSPS) is 22.2. The van der Waals surface area contributed by atoms with E-state index in [0.29, 0.717) is 11.6 Å². The number of rotatable bonds is 6. The maximum absolute atomic E-state index is 3.64. The highest BCUT2D eigenvalue weighted by atomic mass is 15.2. The molecule has 2 heteroatoms. The van der Waals surface area contributed by atoms with E-state index in [1.54, 1.807) is 0 Å². The summed E-state index contributed by atoms with van der Waals surface area (Å²) in [5.41, 5.74) is 0.389. The number of hydrogen-bond acceptors (Lipinski definition) is 2. The predicted molar refractivity (Wildman–Crippen MR) is 81.0 cm³/mol. The molecule has 0 radical (unpaired) electrons. The molecule has 0 aliphatic heterocycles. The van der Waals surface area contributed by atoms with Gasteiger partial charge in [-0.3, -0.25) is 0 Å². The minimum absolute atomic E-state index is 0.389. The van der Waals surface area contributed by atoms with E-state index in [4.69, 9.17) is 0 Å². The predicted octanol–water partition coefficient (Wildman–Crippen LogP) is 3.67. The average molecular weight is 254 g/mol. The van der Waals surface area contributed by atoms with Crippen LogP contribution in [0.15, 0.2) is 0 Å². The summed E-state index contributed by atoms with van der Waals surface area (Å²) in [5.74, 6) is 0.811. The molecule has 0 heterocycles. The van der Waals surface area contributed by atoms with Crippen molar-refractivity contribution in [2.24, 2.45) is 5.92 Å². The van der Waals surface area contributed by atoms with Gasteiger partial charge in [0.15, 0.2) is 0 Å². The molecule has 0 spiro atoms.